The number of nitrogens with zero attached hydrogens (tertiary/aromatic N) is 3. The number of nitrogens with one attached hydrogen (secondary N) is 2. The Morgan fingerprint density at radius 1 is 1.06 bits per heavy atom. The average Bonchev–Trinajstić information content (AvgIpc) is 3.03. The highest BCUT2D eigenvalue weighted by molar-refractivity contribution is 5.98. The van der Waals surface area contributed by atoms with Gasteiger partial charge < -0.3 is 15.4 Å². The third kappa shape index (κ3) is 5.21. The molecule has 1 atom stereocenters. The minimum atomic E-state index is -1.17. The molecule has 0 fully saturated rings. The lowest BCUT2D eigenvalue weighted by Crippen LogP contribution is -2.32. The maximum absolute atomic E-state index is 12.9. The number of carbonyl (C=O) groups excluding carboxylic acids is 3. The highest BCUT2D eigenvalue weighted by Gasteiger charge is 2.23. The van der Waals surface area contributed by atoms with E-state index in [0.29, 0.717) is 17.1 Å². The van der Waals surface area contributed by atoms with E-state index in [-0.39, 0.29) is 17.7 Å². The smallest absolute Gasteiger partial charge is 0.338 e. The second kappa shape index (κ2) is 10.3. The van der Waals surface area contributed by atoms with Gasteiger partial charge in [0.15, 0.2) is 6.10 Å². The lowest BCUT2D eigenvalue weighted by molar-refractivity contribution is -0.123. The van der Waals surface area contributed by atoms with Crippen LogP contribution in [0.25, 0.3) is 5.69 Å². The zero-order chi connectivity index (χ0) is 24.8. The molecule has 0 aliphatic rings. The van der Waals surface area contributed by atoms with Gasteiger partial charge in [-0.05, 0) is 50.2 Å². The third-order valence-electron chi connectivity index (χ3n) is 5.10. The highest BCUT2D eigenvalue weighted by atomic mass is 16.5. The summed E-state index contributed by atoms with van der Waals surface area (Å²) in [5.41, 5.74) is 1.45. The molecule has 3 aromatic rings. The quantitative estimate of drug-likeness (QED) is 0.519. The van der Waals surface area contributed by atoms with Crippen molar-refractivity contribution >= 4 is 29.2 Å². The number of ether oxygens (including phenoxy) is 1. The van der Waals surface area contributed by atoms with Gasteiger partial charge >= 0.3 is 5.97 Å². The molecule has 34 heavy (non-hydrogen) atoms. The normalized spacial score (nSPS) is 11.2. The summed E-state index contributed by atoms with van der Waals surface area (Å²) in [6.45, 7) is 3.10. The maximum atomic E-state index is 12.9. The van der Waals surface area contributed by atoms with Crippen molar-refractivity contribution in [3.8, 4) is 11.8 Å². The lowest BCUT2D eigenvalue weighted by atomic mass is 10.2. The first kappa shape index (κ1) is 24.0. The Kier molecular flexibility index (Phi) is 7.28. The first-order chi connectivity index (χ1) is 16.2. The Labute approximate surface area is 195 Å². The molecule has 0 unspecified atom stereocenters. The molecule has 0 radical (unpaired) electrons. The van der Waals surface area contributed by atoms with E-state index in [4.69, 9.17) is 10.00 Å². The number of aromatic nitrogens is 2. The summed E-state index contributed by atoms with van der Waals surface area (Å²) in [4.78, 5) is 49.5. The Bertz CT molecular complexity index is 1320. The molecule has 0 aliphatic heterocycles. The Hall–Kier alpha value is -4.65. The van der Waals surface area contributed by atoms with Crippen LogP contribution in [0.5, 0.6) is 0 Å². The van der Waals surface area contributed by atoms with Gasteiger partial charge in [-0.3, -0.25) is 19.1 Å². The number of hydrogen-bond acceptors (Lipinski definition) is 6. The number of esters is 1. The number of rotatable bonds is 7. The van der Waals surface area contributed by atoms with Gasteiger partial charge in [0.05, 0.1) is 23.0 Å². The molecule has 0 bridgehead atoms. The predicted molar refractivity (Wildman–Crippen MR) is 125 cm³/mol. The highest BCUT2D eigenvalue weighted by Crippen LogP contribution is 2.16. The van der Waals surface area contributed by atoms with Crippen LogP contribution in [0.4, 0.5) is 11.4 Å². The molecule has 10 nitrogen and oxygen atoms in total. The van der Waals surface area contributed by atoms with E-state index in [9.17, 15) is 19.2 Å². The van der Waals surface area contributed by atoms with Crippen LogP contribution < -0.4 is 16.2 Å². The molecule has 2 aromatic carbocycles. The monoisotopic (exact) mass is 461 g/mol. The van der Waals surface area contributed by atoms with E-state index < -0.39 is 29.4 Å². The number of hydrogen-bond donors (Lipinski definition) is 2. The molecular weight excluding hydrogens is 438 g/mol. The fourth-order valence-corrected chi connectivity index (χ4v) is 3.19. The number of nitriles is 1. The minimum Gasteiger partial charge on any atom is -0.449 e. The Morgan fingerprint density at radius 3 is 2.32 bits per heavy atom. The molecule has 0 saturated carbocycles. The molecule has 0 spiro atoms. The molecule has 1 aromatic heterocycles. The molecule has 2 amide bonds. The van der Waals surface area contributed by atoms with Crippen LogP contribution >= 0.6 is 0 Å². The summed E-state index contributed by atoms with van der Waals surface area (Å²) < 4.78 is 8.29. The fraction of sp³-hybridized carbons (Fsp3) is 0.208. The first-order valence-corrected chi connectivity index (χ1v) is 10.4. The third-order valence-corrected chi connectivity index (χ3v) is 5.10. The molecule has 1 heterocycles. The summed E-state index contributed by atoms with van der Waals surface area (Å²) >= 11 is 0. The zero-order valence-corrected chi connectivity index (χ0v) is 18.9. The van der Waals surface area contributed by atoms with Crippen LogP contribution in [-0.4, -0.2) is 33.3 Å². The van der Waals surface area contributed by atoms with Crippen molar-refractivity contribution in [1.82, 2.24) is 9.36 Å². The van der Waals surface area contributed by atoms with Gasteiger partial charge in [-0.15, -0.1) is 0 Å². The fourth-order valence-electron chi connectivity index (χ4n) is 3.19. The van der Waals surface area contributed by atoms with E-state index in [1.54, 1.807) is 49.0 Å². The summed E-state index contributed by atoms with van der Waals surface area (Å²) in [5, 5.41) is 13.6. The van der Waals surface area contributed by atoms with Crippen molar-refractivity contribution in [3.63, 3.8) is 0 Å². The second-order valence-corrected chi connectivity index (χ2v) is 7.43. The van der Waals surface area contributed by atoms with Crippen LogP contribution in [0, 0.1) is 18.3 Å². The molecule has 0 aliphatic carbocycles. The van der Waals surface area contributed by atoms with Gasteiger partial charge in [0.25, 0.3) is 11.5 Å². The van der Waals surface area contributed by atoms with Crippen LogP contribution in [-0.2, 0) is 21.4 Å². The van der Waals surface area contributed by atoms with Crippen molar-refractivity contribution < 1.29 is 19.1 Å². The van der Waals surface area contributed by atoms with Gasteiger partial charge in [-0.25, -0.2) is 9.48 Å². The lowest BCUT2D eigenvalue weighted by Gasteiger charge is -2.13. The molecular formula is C24H23N5O5. The number of carbonyl (C=O) groups is 3. The van der Waals surface area contributed by atoms with Crippen LogP contribution in [0.2, 0.25) is 0 Å². The Morgan fingerprint density at radius 2 is 1.71 bits per heavy atom. The van der Waals surface area contributed by atoms with E-state index in [1.165, 1.54) is 35.9 Å². The molecule has 2 N–H and O–H groups in total. The summed E-state index contributed by atoms with van der Waals surface area (Å²) in [6.07, 6.45) is -1.46. The molecule has 174 valence electrons. The first-order valence-electron chi connectivity index (χ1n) is 10.4. The summed E-state index contributed by atoms with van der Waals surface area (Å²) in [6, 6.07) is 16.5. The molecule has 3 rings (SSSR count). The molecule has 10 heteroatoms. The number of para-hydroxylation sites is 1. The topological polar surface area (TPSA) is 135 Å². The Balaban J connectivity index is 1.68. The standard InChI is InChI=1S/C24H23N5O5/c1-15-21(23(32)29(28(15)3)19-7-5-4-6-8-19)27-22(31)16(2)34-24(33)17-9-11-18(12-10-17)26-20(30)13-14-25/h4-12,16H,13H2,1-3H3,(H,26,30)(H,27,31)/t16-/m1/s1. The van der Waals surface area contributed by atoms with Gasteiger partial charge in [-0.1, -0.05) is 18.2 Å². The van der Waals surface area contributed by atoms with Gasteiger partial charge in [0.2, 0.25) is 5.91 Å². The predicted octanol–water partition coefficient (Wildman–Crippen LogP) is 2.52. The van der Waals surface area contributed by atoms with Gasteiger partial charge in [0, 0.05) is 12.7 Å². The average molecular weight is 461 g/mol. The van der Waals surface area contributed by atoms with Crippen molar-refractivity contribution in [2.45, 2.75) is 26.4 Å². The number of anilines is 2. The van der Waals surface area contributed by atoms with Gasteiger partial charge in [0.1, 0.15) is 12.1 Å². The zero-order valence-electron chi connectivity index (χ0n) is 18.9. The number of amides is 2. The molecule has 0 saturated heterocycles. The summed E-state index contributed by atoms with van der Waals surface area (Å²) in [5.74, 6) is -1.87. The van der Waals surface area contributed by atoms with Crippen molar-refractivity contribution in [3.05, 3.63) is 76.2 Å². The van der Waals surface area contributed by atoms with E-state index in [0.717, 1.165) is 0 Å². The van der Waals surface area contributed by atoms with Crippen LogP contribution in [0.3, 0.4) is 0 Å². The number of benzene rings is 2. The largest absolute Gasteiger partial charge is 0.449 e. The van der Waals surface area contributed by atoms with Crippen LogP contribution in [0.15, 0.2) is 59.4 Å². The minimum absolute atomic E-state index is 0.0942. The van der Waals surface area contributed by atoms with Gasteiger partial charge in [-0.2, -0.15) is 5.26 Å². The van der Waals surface area contributed by atoms with Crippen molar-refractivity contribution in [2.75, 3.05) is 10.6 Å². The maximum Gasteiger partial charge on any atom is 0.338 e. The SMILES string of the molecule is Cc1c(NC(=O)[C@@H](C)OC(=O)c2ccc(NC(=O)CC#N)cc2)c(=O)n(-c2ccccc2)n1C. The second-order valence-electron chi connectivity index (χ2n) is 7.43. The van der Waals surface area contributed by atoms with E-state index >= 15 is 0 Å². The van der Waals surface area contributed by atoms with E-state index in [2.05, 4.69) is 10.6 Å². The van der Waals surface area contributed by atoms with Crippen molar-refractivity contribution in [1.29, 1.82) is 5.26 Å². The van der Waals surface area contributed by atoms with E-state index in [1.807, 2.05) is 6.07 Å². The van der Waals surface area contributed by atoms with Crippen LogP contribution in [0.1, 0.15) is 29.4 Å². The summed E-state index contributed by atoms with van der Waals surface area (Å²) in [7, 11) is 1.70. The van der Waals surface area contributed by atoms with Crippen molar-refractivity contribution in [2.24, 2.45) is 7.05 Å².